The molecule has 0 spiro atoms. The summed E-state index contributed by atoms with van der Waals surface area (Å²) >= 11 is 1.48. The Balaban J connectivity index is 0.00000260. The van der Waals surface area contributed by atoms with E-state index in [1.54, 1.807) is 0 Å². The normalized spacial score (nSPS) is 13.7. The monoisotopic (exact) mass is 749 g/mol. The van der Waals surface area contributed by atoms with Crippen LogP contribution in [0.25, 0.3) is 25.6 Å². The van der Waals surface area contributed by atoms with Crippen molar-refractivity contribution >= 4 is 14.4 Å². The quantitative estimate of drug-likeness (QED) is 0.275. The van der Waals surface area contributed by atoms with Crippen molar-refractivity contribution in [1.82, 2.24) is 0 Å². The van der Waals surface area contributed by atoms with Gasteiger partial charge in [0.15, 0.2) is 0 Å². The first-order valence-electron chi connectivity index (χ1n) is 17.1. The first-order chi connectivity index (χ1) is 21.7. The molecule has 247 valence electrons. The molecule has 0 saturated heterocycles. The molecule has 0 aromatic heterocycles. The van der Waals surface area contributed by atoms with E-state index >= 15 is 0 Å². The standard InChI is InChI=1S/C45H49.2ClH.Zr/c1-28(2)30-15-19-33(20-16-30)41(34-21-17-31(18-22-34)29(3)4)40-27-38-37-24-23-36(44(5,6)7)25-35(37)26-39(38)42(32-13-11-12-14-32)43(40)45(8,9)10;;;/h11-13,15-25,27-29H,14H2,1-10H3;2*1H;/q;;;+2/p-2. The van der Waals surface area contributed by atoms with Crippen molar-refractivity contribution in [3.8, 4) is 11.1 Å². The van der Waals surface area contributed by atoms with Gasteiger partial charge >= 0.3 is 295 Å². The van der Waals surface area contributed by atoms with E-state index in [-0.39, 0.29) is 35.6 Å². The fraction of sp³-hybridized carbons (Fsp3) is 0.333. The van der Waals surface area contributed by atoms with Crippen LogP contribution >= 0.6 is 0 Å². The third kappa shape index (κ3) is 7.08. The summed E-state index contributed by atoms with van der Waals surface area (Å²) in [6.07, 6.45) is 7.93. The average Bonchev–Trinajstić information content (AvgIpc) is 3.63. The van der Waals surface area contributed by atoms with Crippen molar-refractivity contribution in [2.45, 2.75) is 98.3 Å². The molecule has 3 heteroatoms. The van der Waals surface area contributed by atoms with Gasteiger partial charge in [0.1, 0.15) is 0 Å². The molecule has 4 aromatic carbocycles. The van der Waals surface area contributed by atoms with E-state index < -0.39 is 0 Å². The first-order valence-corrected chi connectivity index (χ1v) is 18.3. The predicted molar refractivity (Wildman–Crippen MR) is 195 cm³/mol. The summed E-state index contributed by atoms with van der Waals surface area (Å²) in [6.45, 7) is 23.3. The van der Waals surface area contributed by atoms with Gasteiger partial charge < -0.3 is 24.8 Å². The van der Waals surface area contributed by atoms with Crippen molar-refractivity contribution in [3.63, 3.8) is 0 Å². The maximum absolute atomic E-state index is 2.57. The van der Waals surface area contributed by atoms with Gasteiger partial charge in [-0.2, -0.15) is 0 Å². The molecule has 6 rings (SSSR count). The molecule has 2 aliphatic rings. The average molecular weight is 752 g/mol. The molecule has 0 heterocycles. The second-order valence-electron chi connectivity index (χ2n) is 16.0. The number of fused-ring (bicyclic) bond motifs is 3. The fourth-order valence-electron chi connectivity index (χ4n) is 7.22. The molecule has 0 aliphatic heterocycles. The summed E-state index contributed by atoms with van der Waals surface area (Å²) in [5.74, 6) is 0.995. The van der Waals surface area contributed by atoms with Gasteiger partial charge in [-0.25, -0.2) is 0 Å². The number of hydrogen-bond donors (Lipinski definition) is 0. The zero-order valence-electron chi connectivity index (χ0n) is 30.3. The largest absolute Gasteiger partial charge is 1.00 e. The van der Waals surface area contributed by atoms with Gasteiger partial charge in [0, 0.05) is 0 Å². The summed E-state index contributed by atoms with van der Waals surface area (Å²) in [4.78, 5) is 0. The number of allylic oxidation sites excluding steroid dienone is 4. The van der Waals surface area contributed by atoms with Crippen LogP contribution in [-0.4, -0.2) is 0 Å². The summed E-state index contributed by atoms with van der Waals surface area (Å²) in [6, 6.07) is 28.6. The van der Waals surface area contributed by atoms with Crippen LogP contribution in [0.5, 0.6) is 0 Å². The molecule has 0 N–H and O–H groups in total. The van der Waals surface area contributed by atoms with Gasteiger partial charge in [0.25, 0.3) is 0 Å². The van der Waals surface area contributed by atoms with Crippen LogP contribution in [0, 0.1) is 0 Å². The molecule has 0 fully saturated rings. The van der Waals surface area contributed by atoms with Crippen LogP contribution in [0.3, 0.4) is 0 Å². The van der Waals surface area contributed by atoms with Crippen LogP contribution in [0.2, 0.25) is 0 Å². The Hall–Kier alpha value is -2.44. The van der Waals surface area contributed by atoms with E-state index in [0.717, 1.165) is 6.42 Å². The predicted octanol–water partition coefficient (Wildman–Crippen LogP) is 4.81. The molecule has 0 amide bonds. The molecule has 0 unspecified atom stereocenters. The Morgan fingerprint density at radius 3 is 1.62 bits per heavy atom. The van der Waals surface area contributed by atoms with E-state index in [0.29, 0.717) is 11.8 Å². The molecular weight excluding hydrogens is 703 g/mol. The molecule has 2 aliphatic carbocycles. The van der Waals surface area contributed by atoms with Crippen LogP contribution in [0.1, 0.15) is 132 Å². The minimum Gasteiger partial charge on any atom is -1.00 e. The van der Waals surface area contributed by atoms with E-state index in [1.807, 2.05) is 0 Å². The Bertz CT molecular complexity index is 1950. The Morgan fingerprint density at radius 1 is 0.646 bits per heavy atom. The van der Waals surface area contributed by atoms with E-state index in [1.165, 1.54) is 105 Å². The molecule has 0 atom stereocenters. The van der Waals surface area contributed by atoms with Crippen LogP contribution < -0.4 is 35.3 Å². The van der Waals surface area contributed by atoms with Gasteiger partial charge in [-0.1, -0.05) is 0 Å². The number of hydrogen-bond acceptors (Lipinski definition) is 0. The van der Waals surface area contributed by atoms with Crippen molar-refractivity contribution < 1.29 is 49.5 Å². The van der Waals surface area contributed by atoms with Gasteiger partial charge in [-0.15, -0.1) is 0 Å². The fourth-order valence-corrected chi connectivity index (χ4v) is 8.37. The SMILES string of the molecule is CC(C)c1ccc(C(c2ccc(C(C)C)cc2)=c2cc3c(c(C4=CC=CC4)c2C(C)(C)C)=[C]([Zr+2])c2cc(C(C)(C)C)ccc2-3)cc1.[Cl-].[Cl-]. The molecule has 0 nitrogen and oxygen atoms in total. The van der Waals surface area contributed by atoms with Crippen molar-refractivity contribution in [2.75, 3.05) is 0 Å². The van der Waals surface area contributed by atoms with E-state index in [2.05, 4.69) is 160 Å². The second-order valence-corrected chi connectivity index (χ2v) is 17.2. The zero-order chi connectivity index (χ0) is 33.1. The van der Waals surface area contributed by atoms with Gasteiger partial charge in [-0.3, -0.25) is 0 Å². The van der Waals surface area contributed by atoms with E-state index in [4.69, 9.17) is 0 Å². The molecule has 0 radical (unpaired) electrons. The van der Waals surface area contributed by atoms with Gasteiger partial charge in [0.05, 0.1) is 0 Å². The molecule has 0 bridgehead atoms. The maximum atomic E-state index is 2.57. The topological polar surface area (TPSA) is 0 Å². The van der Waals surface area contributed by atoms with Crippen LogP contribution in [0.15, 0.2) is 91.0 Å². The molecule has 0 saturated carbocycles. The molecule has 48 heavy (non-hydrogen) atoms. The smallest absolute Gasteiger partial charge is 1.00 e. The third-order valence-corrected chi connectivity index (χ3v) is 11.1. The maximum Gasteiger partial charge on any atom is -1.00 e. The molecular formula is C45H49Cl2Zr. The summed E-state index contributed by atoms with van der Waals surface area (Å²) in [7, 11) is 0. The summed E-state index contributed by atoms with van der Waals surface area (Å²) in [5, 5.41) is 2.83. The minimum absolute atomic E-state index is 0. The second kappa shape index (κ2) is 14.4. The molecule has 4 aromatic rings. The number of benzene rings is 4. The van der Waals surface area contributed by atoms with Crippen molar-refractivity contribution in [1.29, 1.82) is 0 Å². The van der Waals surface area contributed by atoms with Crippen LogP contribution in [0.4, 0.5) is 0 Å². The number of halogens is 2. The van der Waals surface area contributed by atoms with Crippen molar-refractivity contribution in [2.24, 2.45) is 0 Å². The van der Waals surface area contributed by atoms with Crippen molar-refractivity contribution in [3.05, 3.63) is 146 Å². The van der Waals surface area contributed by atoms with Gasteiger partial charge in [-0.05, 0) is 0 Å². The third-order valence-electron chi connectivity index (χ3n) is 9.87. The van der Waals surface area contributed by atoms with Gasteiger partial charge in [0.2, 0.25) is 0 Å². The minimum atomic E-state index is -0.0776. The Kier molecular flexibility index (Phi) is 11.5. The Morgan fingerprint density at radius 2 is 1.19 bits per heavy atom. The van der Waals surface area contributed by atoms with Crippen LogP contribution in [-0.2, 0) is 35.5 Å². The first kappa shape index (κ1) is 38.4. The summed E-state index contributed by atoms with van der Waals surface area (Å²) in [5.41, 5.74) is 16.6. The number of rotatable bonds is 5. The Labute approximate surface area is 317 Å². The zero-order valence-corrected chi connectivity index (χ0v) is 34.2. The summed E-state index contributed by atoms with van der Waals surface area (Å²) < 4.78 is 1.49. The van der Waals surface area contributed by atoms with E-state index in [9.17, 15) is 0 Å².